The van der Waals surface area contributed by atoms with Gasteiger partial charge in [0.15, 0.2) is 0 Å². The van der Waals surface area contributed by atoms with E-state index in [1.165, 1.54) is 55.6 Å². The van der Waals surface area contributed by atoms with Gasteiger partial charge in [-0.2, -0.15) is 0 Å². The van der Waals surface area contributed by atoms with Crippen LogP contribution in [0.5, 0.6) is 5.75 Å². The molecule has 3 N–H and O–H groups in total. The van der Waals surface area contributed by atoms with Crippen LogP contribution < -0.4 is 14.9 Å². The van der Waals surface area contributed by atoms with E-state index in [1.54, 1.807) is 6.92 Å². The predicted octanol–water partition coefficient (Wildman–Crippen LogP) is 3.57. The topological polar surface area (TPSA) is 184 Å². The molecule has 0 aliphatic carbocycles. The van der Waals surface area contributed by atoms with Crippen molar-refractivity contribution < 1.29 is 58.5 Å². The normalized spacial score (nSPS) is 12.4. The number of sulfonamides is 1. The number of phenols is 1. The van der Waals surface area contributed by atoms with Crippen molar-refractivity contribution in [1.29, 1.82) is 0 Å². The second-order valence-corrected chi connectivity index (χ2v) is 19.7. The van der Waals surface area contributed by atoms with Gasteiger partial charge >= 0.3 is 213 Å². The number of carbonyl (C=O) groups is 2. The SMILES string of the molecule is C=C(C)C(=O)NCCCNC(=O)c1ccc(N(C)S(=O)(=O)c2cc(O)c3ccc4c([S](=O)(=O)[Mo])cc(S(C)(=O)=O)c5ccc2c3c54)cc1. The third-order valence-electron chi connectivity index (χ3n) is 7.88. The van der Waals surface area contributed by atoms with E-state index in [0.29, 0.717) is 25.1 Å². The van der Waals surface area contributed by atoms with Crippen LogP contribution >= 0.6 is 0 Å². The third kappa shape index (κ3) is 6.51. The van der Waals surface area contributed by atoms with Gasteiger partial charge in [0.2, 0.25) is 5.91 Å². The van der Waals surface area contributed by atoms with Crippen LogP contribution in [0.3, 0.4) is 0 Å². The number of carbonyl (C=O) groups excluding carboxylic acids is 2. The summed E-state index contributed by atoms with van der Waals surface area (Å²) in [6.07, 6.45) is 1.44. The van der Waals surface area contributed by atoms with Crippen molar-refractivity contribution >= 4 is 77.2 Å². The van der Waals surface area contributed by atoms with Crippen LogP contribution in [0.4, 0.5) is 5.69 Å². The number of hydrogen-bond acceptors (Lipinski definition) is 9. The van der Waals surface area contributed by atoms with Gasteiger partial charge < -0.3 is 10.6 Å². The number of phenolic OH excluding ortho intramolecular Hbond substituents is 1. The summed E-state index contributed by atoms with van der Waals surface area (Å²) in [6.45, 7) is 5.79. The molecular formula is C32H30MoN3O9S3. The summed E-state index contributed by atoms with van der Waals surface area (Å²) in [5, 5.41) is 17.6. The maximum atomic E-state index is 14.1. The second kappa shape index (κ2) is 12.8. The van der Waals surface area contributed by atoms with Gasteiger partial charge in [0.05, 0.1) is 0 Å². The molecule has 0 unspecified atom stereocenters. The van der Waals surface area contributed by atoms with Gasteiger partial charge in [-0.25, -0.2) is 0 Å². The zero-order valence-electron chi connectivity index (χ0n) is 25.9. The van der Waals surface area contributed by atoms with Crippen molar-refractivity contribution in [3.63, 3.8) is 0 Å². The van der Waals surface area contributed by atoms with Crippen LogP contribution in [0.25, 0.3) is 32.3 Å². The monoisotopic (exact) mass is 794 g/mol. The van der Waals surface area contributed by atoms with Gasteiger partial charge in [-0.05, 0) is 13.3 Å². The molecule has 48 heavy (non-hydrogen) atoms. The summed E-state index contributed by atoms with van der Waals surface area (Å²) in [5.74, 6) is -1.06. The maximum absolute atomic E-state index is 14.1. The van der Waals surface area contributed by atoms with Gasteiger partial charge in [-0.3, -0.25) is 9.59 Å². The number of rotatable bonds is 11. The average Bonchev–Trinajstić information content (AvgIpc) is 3.02. The molecule has 12 nitrogen and oxygen atoms in total. The summed E-state index contributed by atoms with van der Waals surface area (Å²) >= 11 is 0.864. The summed E-state index contributed by atoms with van der Waals surface area (Å²) < 4.78 is 80.4. The molecule has 2 amide bonds. The molecule has 0 aliphatic heterocycles. The number of aromatic hydroxyl groups is 1. The van der Waals surface area contributed by atoms with E-state index in [4.69, 9.17) is 0 Å². The molecule has 0 fully saturated rings. The molecule has 0 saturated heterocycles. The first-order chi connectivity index (χ1) is 22.3. The van der Waals surface area contributed by atoms with Crippen LogP contribution in [-0.2, 0) is 50.7 Å². The average molecular weight is 793 g/mol. The van der Waals surface area contributed by atoms with Crippen molar-refractivity contribution in [3.8, 4) is 5.75 Å². The molecule has 16 heteroatoms. The quantitative estimate of drug-likeness (QED) is 0.0779. The fraction of sp³-hybridized carbons (Fsp3) is 0.188. The first-order valence-electron chi connectivity index (χ1n) is 14.3. The van der Waals surface area contributed by atoms with E-state index in [9.17, 15) is 39.9 Å². The summed E-state index contributed by atoms with van der Waals surface area (Å²) in [7, 11) is -10.9. The number of anilines is 1. The third-order valence-corrected chi connectivity index (χ3v) is 13.0. The molecule has 5 aromatic rings. The molecule has 0 aromatic heterocycles. The Hall–Kier alpha value is -4.04. The van der Waals surface area contributed by atoms with Crippen LogP contribution in [0, 0.1) is 0 Å². The molecule has 0 spiro atoms. The number of hydrogen-bond donors (Lipinski definition) is 3. The van der Waals surface area contributed by atoms with Crippen molar-refractivity contribution in [2.75, 3.05) is 30.7 Å². The Labute approximate surface area is 287 Å². The molecule has 5 rings (SSSR count). The Bertz CT molecular complexity index is 2430. The zero-order valence-corrected chi connectivity index (χ0v) is 30.4. The predicted molar refractivity (Wildman–Crippen MR) is 179 cm³/mol. The molecule has 0 atom stereocenters. The number of sulfone groups is 1. The first-order valence-corrected chi connectivity index (χ1v) is 21.5. The fourth-order valence-corrected chi connectivity index (χ4v) is 9.56. The molecular weight excluding hydrogens is 763 g/mol. The van der Waals surface area contributed by atoms with Crippen LogP contribution in [0.2, 0.25) is 0 Å². The van der Waals surface area contributed by atoms with Gasteiger partial charge in [0.1, 0.15) is 0 Å². The fourth-order valence-electron chi connectivity index (χ4n) is 5.46. The van der Waals surface area contributed by atoms with E-state index in [2.05, 4.69) is 17.2 Å². The molecule has 0 aliphatic rings. The Morgan fingerprint density at radius 3 is 1.88 bits per heavy atom. The Morgan fingerprint density at radius 1 is 0.792 bits per heavy atom. The summed E-state index contributed by atoms with van der Waals surface area (Å²) in [5.41, 5.74) is 0.867. The van der Waals surface area contributed by atoms with E-state index in [0.717, 1.165) is 41.2 Å². The van der Waals surface area contributed by atoms with Gasteiger partial charge in [-0.15, -0.1) is 0 Å². The summed E-state index contributed by atoms with van der Waals surface area (Å²) in [4.78, 5) is 23.4. The van der Waals surface area contributed by atoms with E-state index in [-0.39, 0.29) is 64.2 Å². The zero-order chi connectivity index (χ0) is 35.3. The Morgan fingerprint density at radius 2 is 1.31 bits per heavy atom. The first kappa shape index (κ1) is 35.3. The van der Waals surface area contributed by atoms with E-state index in [1.807, 2.05) is 0 Å². The van der Waals surface area contributed by atoms with Gasteiger partial charge in [0, 0.05) is 24.2 Å². The molecule has 0 heterocycles. The number of amides is 2. The molecule has 0 bridgehead atoms. The van der Waals surface area contributed by atoms with Crippen molar-refractivity contribution in [3.05, 3.63) is 78.4 Å². The van der Waals surface area contributed by atoms with Crippen LogP contribution in [-0.4, -0.2) is 68.6 Å². The molecule has 0 radical (unpaired) electrons. The van der Waals surface area contributed by atoms with Gasteiger partial charge in [0.25, 0.3) is 5.91 Å². The van der Waals surface area contributed by atoms with E-state index < -0.39 is 39.1 Å². The number of nitrogens with one attached hydrogen (secondary N) is 2. The van der Waals surface area contributed by atoms with Gasteiger partial charge in [-0.1, -0.05) is 6.58 Å². The Kier molecular flexibility index (Phi) is 9.38. The summed E-state index contributed by atoms with van der Waals surface area (Å²) in [6, 6.07) is 13.8. The minimum absolute atomic E-state index is 0.147. The van der Waals surface area contributed by atoms with Crippen LogP contribution in [0.1, 0.15) is 23.7 Å². The van der Waals surface area contributed by atoms with E-state index >= 15 is 0 Å². The van der Waals surface area contributed by atoms with Crippen LogP contribution in [0.15, 0.2) is 87.5 Å². The molecule has 5 aromatic carbocycles. The second-order valence-electron chi connectivity index (χ2n) is 11.2. The standard InChI is InChI=1S/C32H30N3O9S3.Mo/c1-18(2)31(37)33-14-5-15-34-32(38)19-6-8-20(9-7-19)35(3)47(43,44)28-16-25(36)21-10-11-22-26(45(39)40)17-27(46(4,41)42)23-12-13-24(28)29(21)30(22)23;/h6-13,16-17,36H,1,5,14-15H2,2-4H3,(H,33,37)(H,34,38);. The Balaban J connectivity index is 1.52. The minimum atomic E-state index is -4.39. The van der Waals surface area contributed by atoms with Crippen molar-refractivity contribution in [1.82, 2.24) is 10.6 Å². The molecule has 0 saturated carbocycles. The number of benzene rings is 5. The van der Waals surface area contributed by atoms with Crippen molar-refractivity contribution in [2.24, 2.45) is 0 Å². The van der Waals surface area contributed by atoms with Crippen molar-refractivity contribution in [2.45, 2.75) is 28.0 Å². The molecule has 251 valence electrons. The number of nitrogens with zero attached hydrogens (tertiary/aromatic N) is 1.